The Labute approximate surface area is 196 Å². The number of halogens is 3. The Kier molecular flexibility index (Phi) is 8.31. The van der Waals surface area contributed by atoms with E-state index < -0.39 is 17.8 Å². The third-order valence-electron chi connectivity index (χ3n) is 5.91. The van der Waals surface area contributed by atoms with Crippen LogP contribution >= 0.6 is 0 Å². The standard InChI is InChI=1S/C25H28F3N3O3/c1-2-14-29-23(33)21(30-22(32)18-6-4-3-5-7-18)17-12-15-31(16-13-17)24(34)19-8-10-20(11-9-19)25(26,27)28/h3-11,17,21H,2,12-16H2,1H3,(H,29,33)(H,30,32). The first-order chi connectivity index (χ1) is 16.2. The molecule has 2 aromatic rings. The van der Waals surface area contributed by atoms with Gasteiger partial charge >= 0.3 is 6.18 Å². The second-order valence-electron chi connectivity index (χ2n) is 8.31. The SMILES string of the molecule is CCCNC(=O)C(NC(=O)c1ccccc1)C1CCN(C(=O)c2ccc(C(F)(F)F)cc2)CC1. The van der Waals surface area contributed by atoms with Crippen molar-refractivity contribution in [2.75, 3.05) is 19.6 Å². The lowest BCUT2D eigenvalue weighted by Crippen LogP contribution is -2.54. The van der Waals surface area contributed by atoms with Crippen LogP contribution in [0.25, 0.3) is 0 Å². The van der Waals surface area contributed by atoms with E-state index in [-0.39, 0.29) is 29.2 Å². The van der Waals surface area contributed by atoms with Crippen molar-refractivity contribution in [1.29, 1.82) is 0 Å². The maximum absolute atomic E-state index is 12.8. The van der Waals surface area contributed by atoms with Crippen LogP contribution in [-0.2, 0) is 11.0 Å². The van der Waals surface area contributed by atoms with Crippen LogP contribution in [0.3, 0.4) is 0 Å². The lowest BCUT2D eigenvalue weighted by Gasteiger charge is -2.36. The smallest absolute Gasteiger partial charge is 0.354 e. The number of benzene rings is 2. The minimum atomic E-state index is -4.46. The van der Waals surface area contributed by atoms with Crippen molar-refractivity contribution in [2.24, 2.45) is 5.92 Å². The van der Waals surface area contributed by atoms with E-state index >= 15 is 0 Å². The van der Waals surface area contributed by atoms with Crippen molar-refractivity contribution < 1.29 is 27.6 Å². The largest absolute Gasteiger partial charge is 0.416 e. The number of nitrogens with one attached hydrogen (secondary N) is 2. The molecule has 1 fully saturated rings. The summed E-state index contributed by atoms with van der Waals surface area (Å²) >= 11 is 0. The molecule has 182 valence electrons. The molecule has 0 radical (unpaired) electrons. The van der Waals surface area contributed by atoms with Gasteiger partial charge in [-0.05, 0) is 61.6 Å². The highest BCUT2D eigenvalue weighted by atomic mass is 19.4. The first-order valence-electron chi connectivity index (χ1n) is 11.3. The second kappa shape index (κ2) is 11.2. The average Bonchev–Trinajstić information content (AvgIpc) is 2.85. The number of piperidine rings is 1. The normalized spacial score (nSPS) is 15.5. The van der Waals surface area contributed by atoms with Crippen LogP contribution in [0.5, 0.6) is 0 Å². The molecule has 1 unspecified atom stereocenters. The molecule has 3 amide bonds. The molecule has 0 aliphatic carbocycles. The van der Waals surface area contributed by atoms with E-state index in [4.69, 9.17) is 0 Å². The van der Waals surface area contributed by atoms with Gasteiger partial charge in [0.15, 0.2) is 0 Å². The van der Waals surface area contributed by atoms with Gasteiger partial charge in [-0.1, -0.05) is 25.1 Å². The van der Waals surface area contributed by atoms with Gasteiger partial charge in [-0.2, -0.15) is 13.2 Å². The van der Waals surface area contributed by atoms with E-state index in [1.807, 2.05) is 6.92 Å². The number of rotatable bonds is 7. The third-order valence-corrected chi connectivity index (χ3v) is 5.91. The highest BCUT2D eigenvalue weighted by Gasteiger charge is 2.34. The number of likely N-dealkylation sites (tertiary alicyclic amines) is 1. The zero-order valence-corrected chi connectivity index (χ0v) is 18.9. The summed E-state index contributed by atoms with van der Waals surface area (Å²) < 4.78 is 38.3. The average molecular weight is 476 g/mol. The van der Waals surface area contributed by atoms with Gasteiger partial charge in [-0.3, -0.25) is 14.4 Å². The molecule has 1 saturated heterocycles. The van der Waals surface area contributed by atoms with Crippen molar-refractivity contribution in [1.82, 2.24) is 15.5 Å². The van der Waals surface area contributed by atoms with Gasteiger partial charge in [0.25, 0.3) is 11.8 Å². The topological polar surface area (TPSA) is 78.5 Å². The van der Waals surface area contributed by atoms with Crippen LogP contribution in [-0.4, -0.2) is 48.3 Å². The van der Waals surface area contributed by atoms with Gasteiger partial charge in [0, 0.05) is 30.8 Å². The monoisotopic (exact) mass is 475 g/mol. The molecule has 0 saturated carbocycles. The van der Waals surface area contributed by atoms with E-state index in [1.54, 1.807) is 35.2 Å². The summed E-state index contributed by atoms with van der Waals surface area (Å²) in [5.74, 6) is -1.15. The molecule has 3 rings (SSSR count). The fourth-order valence-corrected chi connectivity index (χ4v) is 3.99. The molecule has 1 atom stereocenters. The fourth-order valence-electron chi connectivity index (χ4n) is 3.99. The molecular weight excluding hydrogens is 447 g/mol. The van der Waals surface area contributed by atoms with Gasteiger partial charge < -0.3 is 15.5 Å². The van der Waals surface area contributed by atoms with Crippen molar-refractivity contribution >= 4 is 17.7 Å². The molecule has 1 aliphatic rings. The van der Waals surface area contributed by atoms with Gasteiger partial charge in [0.2, 0.25) is 5.91 Å². The highest BCUT2D eigenvalue weighted by Crippen LogP contribution is 2.29. The van der Waals surface area contributed by atoms with Crippen LogP contribution in [0.2, 0.25) is 0 Å². The lowest BCUT2D eigenvalue weighted by atomic mass is 9.88. The number of hydrogen-bond donors (Lipinski definition) is 2. The molecule has 0 spiro atoms. The van der Waals surface area contributed by atoms with Gasteiger partial charge in [0.1, 0.15) is 6.04 Å². The maximum atomic E-state index is 12.8. The molecular formula is C25H28F3N3O3. The van der Waals surface area contributed by atoms with E-state index in [0.717, 1.165) is 18.6 Å². The van der Waals surface area contributed by atoms with E-state index in [0.29, 0.717) is 38.0 Å². The van der Waals surface area contributed by atoms with E-state index in [1.165, 1.54) is 12.1 Å². The predicted molar refractivity (Wildman–Crippen MR) is 121 cm³/mol. The Morgan fingerprint density at radius 2 is 1.59 bits per heavy atom. The lowest BCUT2D eigenvalue weighted by molar-refractivity contribution is -0.137. The summed E-state index contributed by atoms with van der Waals surface area (Å²) in [7, 11) is 0. The zero-order valence-electron chi connectivity index (χ0n) is 18.9. The molecule has 2 N–H and O–H groups in total. The number of nitrogens with zero attached hydrogens (tertiary/aromatic N) is 1. The molecule has 0 bridgehead atoms. The Morgan fingerprint density at radius 1 is 0.971 bits per heavy atom. The number of amides is 3. The van der Waals surface area contributed by atoms with Crippen LogP contribution in [0.1, 0.15) is 52.5 Å². The molecule has 9 heteroatoms. The van der Waals surface area contributed by atoms with E-state index in [9.17, 15) is 27.6 Å². The molecule has 2 aromatic carbocycles. The molecule has 0 aromatic heterocycles. The number of carbonyl (C=O) groups excluding carboxylic acids is 3. The van der Waals surface area contributed by atoms with Crippen LogP contribution in [0, 0.1) is 5.92 Å². The van der Waals surface area contributed by atoms with Crippen molar-refractivity contribution in [3.8, 4) is 0 Å². The number of alkyl halides is 3. The van der Waals surface area contributed by atoms with Gasteiger partial charge in [-0.25, -0.2) is 0 Å². The van der Waals surface area contributed by atoms with Crippen LogP contribution in [0.4, 0.5) is 13.2 Å². The summed E-state index contributed by atoms with van der Waals surface area (Å²) in [6.45, 7) is 3.09. The summed E-state index contributed by atoms with van der Waals surface area (Å²) in [6.07, 6.45) is -2.75. The maximum Gasteiger partial charge on any atom is 0.416 e. The summed E-state index contributed by atoms with van der Waals surface area (Å²) in [4.78, 5) is 39.9. The van der Waals surface area contributed by atoms with Crippen molar-refractivity contribution in [2.45, 2.75) is 38.4 Å². The first kappa shape index (κ1) is 25.3. The highest BCUT2D eigenvalue weighted by molar-refractivity contribution is 5.97. The molecule has 6 nitrogen and oxygen atoms in total. The Hall–Kier alpha value is -3.36. The van der Waals surface area contributed by atoms with Crippen molar-refractivity contribution in [3.05, 3.63) is 71.3 Å². The van der Waals surface area contributed by atoms with Crippen molar-refractivity contribution in [3.63, 3.8) is 0 Å². The predicted octanol–water partition coefficient (Wildman–Crippen LogP) is 3.88. The quantitative estimate of drug-likeness (QED) is 0.638. The number of hydrogen-bond acceptors (Lipinski definition) is 3. The van der Waals surface area contributed by atoms with E-state index in [2.05, 4.69) is 10.6 Å². The minimum absolute atomic E-state index is 0.179. The Balaban J connectivity index is 1.65. The summed E-state index contributed by atoms with van der Waals surface area (Å²) in [6, 6.07) is 12.0. The second-order valence-corrected chi connectivity index (χ2v) is 8.31. The summed E-state index contributed by atoms with van der Waals surface area (Å²) in [5.41, 5.74) is -0.176. The molecule has 1 aliphatic heterocycles. The summed E-state index contributed by atoms with van der Waals surface area (Å²) in [5, 5.41) is 5.68. The Bertz CT molecular complexity index is 986. The molecule has 1 heterocycles. The molecule has 34 heavy (non-hydrogen) atoms. The van der Waals surface area contributed by atoms with Gasteiger partial charge in [-0.15, -0.1) is 0 Å². The fraction of sp³-hybridized carbons (Fsp3) is 0.400. The van der Waals surface area contributed by atoms with Crippen LogP contribution < -0.4 is 10.6 Å². The third kappa shape index (κ3) is 6.36. The van der Waals surface area contributed by atoms with Crippen LogP contribution in [0.15, 0.2) is 54.6 Å². The minimum Gasteiger partial charge on any atom is -0.354 e. The van der Waals surface area contributed by atoms with Gasteiger partial charge in [0.05, 0.1) is 5.56 Å². The number of carbonyl (C=O) groups is 3. The zero-order chi connectivity index (χ0) is 24.7. The Morgan fingerprint density at radius 3 is 2.15 bits per heavy atom. The first-order valence-corrected chi connectivity index (χ1v) is 11.3.